The summed E-state index contributed by atoms with van der Waals surface area (Å²) >= 11 is 0. The second kappa shape index (κ2) is 6.15. The van der Waals surface area contributed by atoms with E-state index in [4.69, 9.17) is 4.52 Å². The molecule has 0 aliphatic rings. The first-order valence-electron chi connectivity index (χ1n) is 6.27. The maximum Gasteiger partial charge on any atom is 0.334 e. The molecule has 3 nitrogen and oxygen atoms in total. The molecule has 0 saturated carbocycles. The average Bonchev–Trinajstić information content (AvgIpc) is 2.29. The highest BCUT2D eigenvalue weighted by Gasteiger charge is 2.13. The van der Waals surface area contributed by atoms with Crippen molar-refractivity contribution in [3.05, 3.63) is 59.2 Å². The fraction of sp³-hybridized carbons (Fsp3) is 0.200. The number of hydrogen-bond donors (Lipinski definition) is 3. The minimum absolute atomic E-state index is 0.414. The number of aryl methyl sites for hydroxylation is 3. The predicted octanol–water partition coefficient (Wildman–Crippen LogP) is 3.53. The quantitative estimate of drug-likeness (QED) is 0.600. The van der Waals surface area contributed by atoms with Gasteiger partial charge in [0.25, 0.3) is 0 Å². The molecule has 2 aromatic rings. The van der Waals surface area contributed by atoms with Crippen LogP contribution in [0, 0.1) is 20.8 Å². The van der Waals surface area contributed by atoms with Crippen molar-refractivity contribution in [3.63, 3.8) is 0 Å². The van der Waals surface area contributed by atoms with E-state index in [2.05, 4.69) is 0 Å². The maximum atomic E-state index is 10.2. The standard InChI is InChI=1S/C15H19O3PS/c1-11-8-12(2)10-14(9-11)18-19(16,17)20-15-7-5-4-6-13(15)3/h4-10,16-17,20H,1-3H3. The van der Waals surface area contributed by atoms with E-state index in [1.54, 1.807) is 0 Å². The lowest BCUT2D eigenvalue weighted by atomic mass is 10.1. The summed E-state index contributed by atoms with van der Waals surface area (Å²) in [6, 6.07) is 13.3. The monoisotopic (exact) mass is 310 g/mol. The van der Waals surface area contributed by atoms with Crippen molar-refractivity contribution in [1.29, 1.82) is 0 Å². The molecule has 2 aromatic carbocycles. The highest BCUT2D eigenvalue weighted by molar-refractivity contribution is 8.17. The molecule has 0 aliphatic heterocycles. The van der Waals surface area contributed by atoms with Crippen LogP contribution >= 0.6 is 6.72 Å². The Labute approximate surface area is 123 Å². The largest absolute Gasteiger partial charge is 0.428 e. The van der Waals surface area contributed by atoms with E-state index in [1.807, 2.05) is 63.2 Å². The van der Waals surface area contributed by atoms with Crippen LogP contribution in [0.1, 0.15) is 16.7 Å². The normalized spacial score (nSPS) is 11.4. The maximum absolute atomic E-state index is 10.2. The third-order valence-corrected chi connectivity index (χ3v) is 5.88. The molecule has 2 rings (SSSR count). The summed E-state index contributed by atoms with van der Waals surface area (Å²) in [6.07, 6.45) is 0. The summed E-state index contributed by atoms with van der Waals surface area (Å²) in [6.45, 7) is 2.37. The Kier molecular flexibility index (Phi) is 4.71. The number of thiol groups is 1. The van der Waals surface area contributed by atoms with E-state index in [9.17, 15) is 9.79 Å². The molecule has 0 fully saturated rings. The van der Waals surface area contributed by atoms with Gasteiger partial charge in [-0.3, -0.25) is 0 Å². The van der Waals surface area contributed by atoms with Crippen molar-refractivity contribution < 1.29 is 14.3 Å². The highest BCUT2D eigenvalue weighted by atomic mass is 32.5. The lowest BCUT2D eigenvalue weighted by Gasteiger charge is -2.15. The Bertz CT molecular complexity index is 656. The zero-order chi connectivity index (χ0) is 14.8. The number of hydrogen-bond acceptors (Lipinski definition) is 1. The number of benzene rings is 2. The second-order valence-electron chi connectivity index (χ2n) is 4.81. The molecule has 2 N–H and O–H groups in total. The first-order chi connectivity index (χ1) is 9.35. The van der Waals surface area contributed by atoms with Crippen LogP contribution < -0.4 is 4.52 Å². The molecule has 0 unspecified atom stereocenters. The molecule has 0 amide bonds. The minimum atomic E-state index is -3.48. The van der Waals surface area contributed by atoms with Gasteiger partial charge in [0.1, 0.15) is 5.75 Å². The van der Waals surface area contributed by atoms with Gasteiger partial charge in [-0.1, -0.05) is 35.2 Å². The van der Waals surface area contributed by atoms with Crippen LogP contribution in [-0.4, -0.2) is 9.79 Å². The van der Waals surface area contributed by atoms with E-state index in [1.165, 1.54) is 0 Å². The zero-order valence-electron chi connectivity index (χ0n) is 11.7. The number of rotatable bonds is 3. The Balaban J connectivity index is 2.33. The third-order valence-electron chi connectivity index (χ3n) is 2.78. The Hall–Kier alpha value is -1.06. The van der Waals surface area contributed by atoms with Gasteiger partial charge < -0.3 is 14.3 Å². The molecule has 5 heteroatoms. The van der Waals surface area contributed by atoms with Crippen molar-refractivity contribution >= 4 is 17.7 Å². The van der Waals surface area contributed by atoms with Crippen LogP contribution in [0.4, 0.5) is 0 Å². The summed E-state index contributed by atoms with van der Waals surface area (Å²) in [4.78, 5) is 21.2. The van der Waals surface area contributed by atoms with Crippen LogP contribution in [-0.2, 0) is 10.9 Å². The van der Waals surface area contributed by atoms with Gasteiger partial charge in [0.15, 0.2) is 0 Å². The van der Waals surface area contributed by atoms with E-state index >= 15 is 0 Å². The summed E-state index contributed by atoms with van der Waals surface area (Å²) in [5.41, 5.74) is 3.09. The molecular weight excluding hydrogens is 291 g/mol. The Morgan fingerprint density at radius 3 is 2.15 bits per heavy atom. The summed E-state index contributed by atoms with van der Waals surface area (Å²) in [5.74, 6) is 0.502. The second-order valence-corrected chi connectivity index (χ2v) is 8.87. The van der Waals surface area contributed by atoms with Gasteiger partial charge in [-0.05, 0) is 55.7 Å². The van der Waals surface area contributed by atoms with Gasteiger partial charge in [0, 0.05) is 4.90 Å². The van der Waals surface area contributed by atoms with Gasteiger partial charge in [0.05, 0.1) is 0 Å². The van der Waals surface area contributed by atoms with E-state index < -0.39 is 6.72 Å². The molecular formula is C15H19O3PS. The van der Waals surface area contributed by atoms with Crippen molar-refractivity contribution in [3.8, 4) is 5.75 Å². The topological polar surface area (TPSA) is 49.7 Å². The average molecular weight is 310 g/mol. The van der Waals surface area contributed by atoms with Gasteiger partial charge in [-0.2, -0.15) is 0 Å². The third kappa shape index (κ3) is 4.22. The summed E-state index contributed by atoms with van der Waals surface area (Å²) in [5, 5.41) is 0. The molecule has 0 saturated heterocycles. The van der Waals surface area contributed by atoms with Crippen molar-refractivity contribution in [2.45, 2.75) is 25.7 Å². The van der Waals surface area contributed by atoms with Crippen LogP contribution in [0.2, 0.25) is 0 Å². The fourth-order valence-electron chi connectivity index (χ4n) is 1.96. The smallest absolute Gasteiger partial charge is 0.334 e. The first-order valence-corrected chi connectivity index (χ1v) is 9.48. The lowest BCUT2D eigenvalue weighted by Crippen LogP contribution is -1.95. The van der Waals surface area contributed by atoms with Crippen LogP contribution in [0.15, 0.2) is 47.4 Å². The molecule has 0 radical (unpaired) electrons. The van der Waals surface area contributed by atoms with E-state index in [-0.39, 0.29) is 0 Å². The van der Waals surface area contributed by atoms with Gasteiger partial charge >= 0.3 is 6.72 Å². The SMILES string of the molecule is Cc1cc(C)cc(OP(O)(O)=[SH]c2ccccc2C)c1. The van der Waals surface area contributed by atoms with Crippen LogP contribution in [0.25, 0.3) is 0 Å². The van der Waals surface area contributed by atoms with Crippen molar-refractivity contribution in [2.24, 2.45) is 0 Å². The molecule has 108 valence electrons. The zero-order valence-corrected chi connectivity index (χ0v) is 13.5. The van der Waals surface area contributed by atoms with Gasteiger partial charge in [-0.15, -0.1) is 0 Å². The van der Waals surface area contributed by atoms with Crippen molar-refractivity contribution in [2.75, 3.05) is 0 Å². The minimum Gasteiger partial charge on any atom is -0.428 e. The van der Waals surface area contributed by atoms with Crippen LogP contribution in [0.3, 0.4) is 0 Å². The lowest BCUT2D eigenvalue weighted by molar-refractivity contribution is 0.370. The Morgan fingerprint density at radius 2 is 1.55 bits per heavy atom. The highest BCUT2D eigenvalue weighted by Crippen LogP contribution is 2.42. The summed E-state index contributed by atoms with van der Waals surface area (Å²) < 4.78 is 5.43. The van der Waals surface area contributed by atoms with Crippen LogP contribution in [0.5, 0.6) is 5.75 Å². The molecule has 0 heterocycles. The molecule has 0 aliphatic carbocycles. The molecule has 0 aromatic heterocycles. The molecule has 0 bridgehead atoms. The van der Waals surface area contributed by atoms with Gasteiger partial charge in [0.2, 0.25) is 0 Å². The molecule has 20 heavy (non-hydrogen) atoms. The summed E-state index contributed by atoms with van der Waals surface area (Å²) in [7, 11) is 0.414. The van der Waals surface area contributed by atoms with Crippen molar-refractivity contribution in [1.82, 2.24) is 0 Å². The molecule has 0 spiro atoms. The van der Waals surface area contributed by atoms with E-state index in [0.29, 0.717) is 16.7 Å². The Morgan fingerprint density at radius 1 is 0.950 bits per heavy atom. The first kappa shape index (κ1) is 15.3. The molecule has 0 atom stereocenters. The van der Waals surface area contributed by atoms with Gasteiger partial charge in [-0.25, -0.2) is 0 Å². The van der Waals surface area contributed by atoms with E-state index in [0.717, 1.165) is 21.6 Å². The predicted molar refractivity (Wildman–Crippen MR) is 86.1 cm³/mol. The fourth-order valence-corrected chi connectivity index (χ4v) is 4.98.